The van der Waals surface area contributed by atoms with E-state index >= 15 is 0 Å². The Morgan fingerprint density at radius 1 is 1.15 bits per heavy atom. The van der Waals surface area contributed by atoms with Gasteiger partial charge in [0.1, 0.15) is 30.4 Å². The van der Waals surface area contributed by atoms with E-state index in [-0.39, 0.29) is 12.2 Å². The molecule has 0 aliphatic carbocycles. The van der Waals surface area contributed by atoms with E-state index < -0.39 is 0 Å². The lowest BCUT2D eigenvalue weighted by Gasteiger charge is -2.45. The number of quaternary nitrogens is 1. The van der Waals surface area contributed by atoms with Crippen molar-refractivity contribution in [2.45, 2.75) is 43.2 Å². The molecule has 4 heterocycles. The Bertz CT molecular complexity index is 815. The number of benzene rings is 1. The van der Waals surface area contributed by atoms with Crippen LogP contribution in [0, 0.1) is 0 Å². The lowest BCUT2D eigenvalue weighted by Crippen LogP contribution is -2.60. The summed E-state index contributed by atoms with van der Waals surface area (Å²) in [5.74, 6) is 0. The first-order chi connectivity index (χ1) is 12.5. The van der Waals surface area contributed by atoms with Gasteiger partial charge in [-0.1, -0.05) is 24.3 Å². The minimum Gasteiger partial charge on any atom is -0.445 e. The summed E-state index contributed by atoms with van der Waals surface area (Å²) >= 11 is 1.66. The van der Waals surface area contributed by atoms with Gasteiger partial charge in [0, 0.05) is 23.3 Å². The number of carbonyl (C=O) groups is 1. The molecule has 0 spiro atoms. The molecule has 1 unspecified atom stereocenters. The van der Waals surface area contributed by atoms with Gasteiger partial charge >= 0.3 is 6.09 Å². The molecule has 1 N–H and O–H groups in total. The van der Waals surface area contributed by atoms with Gasteiger partial charge in [-0.3, -0.25) is 5.32 Å². The first-order valence-corrected chi connectivity index (χ1v) is 10.0. The lowest BCUT2D eigenvalue weighted by atomic mass is 9.96. The number of para-hydroxylation sites is 1. The summed E-state index contributed by atoms with van der Waals surface area (Å²) in [5, 5.41) is 4.99. The average molecular weight is 371 g/mol. The predicted molar refractivity (Wildman–Crippen MR) is 101 cm³/mol. The fourth-order valence-electron chi connectivity index (χ4n) is 4.83. The van der Waals surface area contributed by atoms with Crippen molar-refractivity contribution < 1.29 is 18.8 Å². The Hall–Kier alpha value is -1.89. The summed E-state index contributed by atoms with van der Waals surface area (Å²) in [6.45, 7) is 0. The number of rotatable bonds is 3. The maximum atomic E-state index is 12.5. The topological polar surface area (TPSA) is 50.9 Å². The van der Waals surface area contributed by atoms with Crippen molar-refractivity contribution in [1.29, 1.82) is 0 Å². The Labute approximate surface area is 157 Å². The number of hydrogen-bond donors (Lipinski definition) is 1. The molecule has 3 aliphatic rings. The maximum Gasteiger partial charge on any atom is 0.411 e. The number of morpholine rings is 1. The molecule has 5 rings (SSSR count). The zero-order chi connectivity index (χ0) is 17.9. The molecule has 0 saturated carbocycles. The number of nitrogens with zero attached hydrogens (tertiary/aromatic N) is 1. The van der Waals surface area contributed by atoms with E-state index in [1.54, 1.807) is 11.3 Å². The van der Waals surface area contributed by atoms with Crippen LogP contribution in [-0.2, 0) is 9.47 Å². The fourth-order valence-corrected chi connectivity index (χ4v) is 5.60. The van der Waals surface area contributed by atoms with Crippen LogP contribution in [-0.4, -0.2) is 55.1 Å². The second kappa shape index (κ2) is 5.81. The Morgan fingerprint density at radius 2 is 1.88 bits per heavy atom. The molecule has 3 saturated heterocycles. The quantitative estimate of drug-likeness (QED) is 0.661. The average Bonchev–Trinajstić information content (AvgIpc) is 3.16. The van der Waals surface area contributed by atoms with Crippen molar-refractivity contribution in [2.75, 3.05) is 19.4 Å². The third-order valence-electron chi connectivity index (χ3n) is 6.26. The highest BCUT2D eigenvalue weighted by atomic mass is 32.1. The van der Waals surface area contributed by atoms with Gasteiger partial charge in [0.2, 0.25) is 0 Å². The molecular weight excluding hydrogens is 348 g/mol. The summed E-state index contributed by atoms with van der Waals surface area (Å²) in [6, 6.07) is 12.8. The van der Waals surface area contributed by atoms with Crippen LogP contribution in [0.4, 0.5) is 10.5 Å². The largest absolute Gasteiger partial charge is 0.445 e. The normalized spacial score (nSPS) is 33.4. The van der Waals surface area contributed by atoms with Crippen molar-refractivity contribution in [1.82, 2.24) is 0 Å². The van der Waals surface area contributed by atoms with Gasteiger partial charge in [0.15, 0.2) is 0 Å². The number of anilines is 1. The number of likely N-dealkylation sites (N-methyl/N-ethyl adjacent to an activating group) is 1. The van der Waals surface area contributed by atoms with Crippen molar-refractivity contribution in [3.63, 3.8) is 0 Å². The van der Waals surface area contributed by atoms with E-state index in [1.807, 2.05) is 35.7 Å². The van der Waals surface area contributed by atoms with Gasteiger partial charge in [-0.15, -0.1) is 11.3 Å². The van der Waals surface area contributed by atoms with Crippen LogP contribution < -0.4 is 5.32 Å². The number of nitrogens with one attached hydrogen (secondary N) is 1. The Balaban J connectivity index is 1.27. The molecule has 5 atom stereocenters. The van der Waals surface area contributed by atoms with Gasteiger partial charge < -0.3 is 14.0 Å². The molecule has 1 aromatic carbocycles. The summed E-state index contributed by atoms with van der Waals surface area (Å²) in [4.78, 5) is 13.7. The van der Waals surface area contributed by atoms with Crippen LogP contribution in [0.1, 0.15) is 12.8 Å². The van der Waals surface area contributed by atoms with Gasteiger partial charge in [-0.2, -0.15) is 0 Å². The molecule has 2 aromatic rings. The highest BCUT2D eigenvalue weighted by molar-refractivity contribution is 7.13. The SMILES string of the molecule is C[N+]1(C)[C@@H]2CC(OC(=O)Nc3ccccc3-c3cccs3)C[C@H]1[C@@H]1O[C@@H]12. The second-order valence-electron chi connectivity index (χ2n) is 7.98. The summed E-state index contributed by atoms with van der Waals surface area (Å²) in [6.07, 6.45) is 2.11. The monoisotopic (exact) mass is 371 g/mol. The molecule has 1 aromatic heterocycles. The van der Waals surface area contributed by atoms with Crippen LogP contribution >= 0.6 is 11.3 Å². The fraction of sp³-hybridized carbons (Fsp3) is 0.450. The molecule has 1 amide bonds. The molecule has 6 heteroatoms. The minimum atomic E-state index is -0.361. The number of amides is 1. The first kappa shape index (κ1) is 16.3. The summed E-state index contributed by atoms with van der Waals surface area (Å²) in [5.41, 5.74) is 1.82. The molecular formula is C20H23N2O3S+. The van der Waals surface area contributed by atoms with Gasteiger partial charge in [0.25, 0.3) is 0 Å². The standard InChI is InChI=1S/C20H22N2O3S/c1-22(2)15-10-12(11-16(22)19-18(15)25-19)24-20(23)21-14-7-4-3-6-13(14)17-8-5-9-26-17/h3-9,12,15-16,18-19H,10-11H2,1-2H3/p+1/t12?,15-,16+,18-,19+. The molecule has 3 aliphatic heterocycles. The van der Waals surface area contributed by atoms with Crippen LogP contribution in [0.2, 0.25) is 0 Å². The van der Waals surface area contributed by atoms with E-state index in [1.165, 1.54) is 0 Å². The third kappa shape index (κ3) is 2.55. The van der Waals surface area contributed by atoms with Crippen molar-refractivity contribution in [2.24, 2.45) is 0 Å². The number of piperidine rings is 1. The van der Waals surface area contributed by atoms with Crippen molar-refractivity contribution in [3.8, 4) is 10.4 Å². The Morgan fingerprint density at radius 3 is 2.58 bits per heavy atom. The zero-order valence-electron chi connectivity index (χ0n) is 14.9. The van der Waals surface area contributed by atoms with E-state index in [0.29, 0.717) is 24.3 Å². The molecule has 5 nitrogen and oxygen atoms in total. The van der Waals surface area contributed by atoms with Gasteiger partial charge in [-0.25, -0.2) is 4.79 Å². The first-order valence-electron chi connectivity index (χ1n) is 9.13. The van der Waals surface area contributed by atoms with E-state index in [0.717, 1.165) is 33.5 Å². The lowest BCUT2D eigenvalue weighted by molar-refractivity contribution is -0.938. The molecule has 2 bridgehead atoms. The van der Waals surface area contributed by atoms with Crippen LogP contribution in [0.15, 0.2) is 41.8 Å². The van der Waals surface area contributed by atoms with Gasteiger partial charge in [0.05, 0.1) is 19.8 Å². The number of ether oxygens (including phenoxy) is 2. The van der Waals surface area contributed by atoms with E-state index in [4.69, 9.17) is 9.47 Å². The van der Waals surface area contributed by atoms with Crippen LogP contribution in [0.3, 0.4) is 0 Å². The zero-order valence-corrected chi connectivity index (χ0v) is 15.7. The van der Waals surface area contributed by atoms with Crippen molar-refractivity contribution in [3.05, 3.63) is 41.8 Å². The summed E-state index contributed by atoms with van der Waals surface area (Å²) in [7, 11) is 4.55. The minimum absolute atomic E-state index is 0.0264. The second-order valence-corrected chi connectivity index (χ2v) is 8.92. The van der Waals surface area contributed by atoms with Gasteiger partial charge in [-0.05, 0) is 17.5 Å². The molecule has 3 fully saturated rings. The van der Waals surface area contributed by atoms with E-state index in [2.05, 4.69) is 25.5 Å². The van der Waals surface area contributed by atoms with Crippen molar-refractivity contribution >= 4 is 23.1 Å². The number of fused-ring (bicyclic) bond motifs is 5. The molecule has 0 radical (unpaired) electrons. The number of hydrogen-bond acceptors (Lipinski definition) is 4. The highest BCUT2D eigenvalue weighted by Crippen LogP contribution is 2.51. The molecule has 26 heavy (non-hydrogen) atoms. The van der Waals surface area contributed by atoms with Crippen LogP contribution in [0.5, 0.6) is 0 Å². The Kier molecular flexibility index (Phi) is 3.64. The highest BCUT2D eigenvalue weighted by Gasteiger charge is 2.70. The smallest absolute Gasteiger partial charge is 0.411 e. The number of thiophene rings is 1. The summed E-state index contributed by atoms with van der Waals surface area (Å²) < 4.78 is 12.6. The predicted octanol–water partition coefficient (Wildman–Crippen LogP) is 3.72. The number of carbonyl (C=O) groups excluding carboxylic acids is 1. The third-order valence-corrected chi connectivity index (χ3v) is 7.17. The number of epoxide rings is 1. The van der Waals surface area contributed by atoms with E-state index in [9.17, 15) is 4.79 Å². The van der Waals surface area contributed by atoms with Crippen LogP contribution in [0.25, 0.3) is 10.4 Å². The maximum absolute atomic E-state index is 12.5. The molecule has 136 valence electrons.